The number of carboxylic acid groups (broad SMARTS) is 1. The van der Waals surface area contributed by atoms with Crippen molar-refractivity contribution in [3.8, 4) is 0 Å². The first-order chi connectivity index (χ1) is 6.91. The summed E-state index contributed by atoms with van der Waals surface area (Å²) in [5.74, 6) is -0.667. The first-order valence-corrected chi connectivity index (χ1v) is 4.60. The van der Waals surface area contributed by atoms with E-state index < -0.39 is 18.0 Å². The van der Waals surface area contributed by atoms with Gasteiger partial charge in [-0.1, -0.05) is 0 Å². The summed E-state index contributed by atoms with van der Waals surface area (Å²) in [5, 5.41) is 11.1. The molecule has 2 amide bonds. The Hall–Kier alpha value is -1.34. The highest BCUT2D eigenvalue weighted by Gasteiger charge is 2.29. The van der Waals surface area contributed by atoms with Gasteiger partial charge in [0.05, 0.1) is 0 Å². The first kappa shape index (κ1) is 13.7. The van der Waals surface area contributed by atoms with Gasteiger partial charge in [-0.15, -0.1) is 0 Å². The van der Waals surface area contributed by atoms with Gasteiger partial charge in [-0.25, -0.2) is 14.8 Å². The molecule has 0 fully saturated rings. The molecule has 0 spiro atoms. The van der Waals surface area contributed by atoms with Crippen molar-refractivity contribution in [2.75, 3.05) is 20.6 Å². The Morgan fingerprint density at radius 2 is 1.93 bits per heavy atom. The van der Waals surface area contributed by atoms with Crippen LogP contribution in [-0.4, -0.2) is 53.8 Å². The number of amides is 2. The molecule has 0 heterocycles. The maximum absolute atomic E-state index is 11.1. The molecule has 5 N–H and O–H groups in total. The van der Waals surface area contributed by atoms with Gasteiger partial charge in [-0.05, 0) is 19.4 Å². The number of nitrogens with two attached hydrogens (primary N) is 2. The lowest BCUT2D eigenvalue weighted by Crippen LogP contribution is -2.53. The van der Waals surface area contributed by atoms with E-state index in [0.717, 1.165) is 5.01 Å². The Bertz CT molecular complexity index is 232. The highest BCUT2D eigenvalue weighted by molar-refractivity contribution is 5.83. The topological polar surface area (TPSA) is 113 Å². The minimum Gasteiger partial charge on any atom is -0.464 e. The molecule has 0 aliphatic rings. The molecule has 0 aliphatic heterocycles. The summed E-state index contributed by atoms with van der Waals surface area (Å²) in [6, 6.07) is -0.860. The van der Waals surface area contributed by atoms with Crippen molar-refractivity contribution in [3.63, 3.8) is 0 Å². The average molecular weight is 218 g/mol. The monoisotopic (exact) mass is 218 g/mol. The van der Waals surface area contributed by atoms with Gasteiger partial charge in [-0.2, -0.15) is 0 Å². The van der Waals surface area contributed by atoms with Crippen molar-refractivity contribution in [3.05, 3.63) is 0 Å². The van der Waals surface area contributed by atoms with E-state index in [0.29, 0.717) is 19.4 Å². The quantitative estimate of drug-likeness (QED) is 0.497. The van der Waals surface area contributed by atoms with Crippen LogP contribution >= 0.6 is 0 Å². The summed E-state index contributed by atoms with van der Waals surface area (Å²) < 4.78 is 0. The summed E-state index contributed by atoms with van der Waals surface area (Å²) in [4.78, 5) is 22.0. The third-order valence-electron chi connectivity index (χ3n) is 1.93. The third-order valence-corrected chi connectivity index (χ3v) is 1.93. The predicted octanol–water partition coefficient (Wildman–Crippen LogP) is -0.964. The van der Waals surface area contributed by atoms with E-state index in [4.69, 9.17) is 16.6 Å². The van der Waals surface area contributed by atoms with Crippen molar-refractivity contribution in [2.24, 2.45) is 11.5 Å². The molecule has 0 saturated carbocycles. The van der Waals surface area contributed by atoms with Crippen LogP contribution in [0.25, 0.3) is 0 Å². The zero-order chi connectivity index (χ0) is 12.0. The van der Waals surface area contributed by atoms with Crippen molar-refractivity contribution >= 4 is 12.0 Å². The number of carbonyl (C=O) groups is 2. The number of primary amides is 1. The summed E-state index contributed by atoms with van der Waals surface area (Å²) in [6.45, 7) is 0.394. The second-order valence-electron chi connectivity index (χ2n) is 3.32. The van der Waals surface area contributed by atoms with Gasteiger partial charge in [0, 0.05) is 14.1 Å². The molecule has 0 aromatic carbocycles. The lowest BCUT2D eigenvalue weighted by Gasteiger charge is -2.31. The molecule has 7 nitrogen and oxygen atoms in total. The highest BCUT2D eigenvalue weighted by Crippen LogP contribution is 2.08. The van der Waals surface area contributed by atoms with Crippen LogP contribution in [0, 0.1) is 0 Å². The van der Waals surface area contributed by atoms with E-state index in [1.54, 1.807) is 0 Å². The van der Waals surface area contributed by atoms with E-state index in [2.05, 4.69) is 0 Å². The van der Waals surface area contributed by atoms with E-state index in [1.807, 2.05) is 0 Å². The molecule has 0 saturated heterocycles. The van der Waals surface area contributed by atoms with Crippen LogP contribution in [0.1, 0.15) is 12.8 Å². The number of carbonyl (C=O) groups excluding carboxylic acids is 1. The minimum absolute atomic E-state index is 0.330. The van der Waals surface area contributed by atoms with Crippen LogP contribution in [0.15, 0.2) is 0 Å². The molecule has 1 unspecified atom stereocenters. The molecule has 1 atom stereocenters. The molecule has 0 aliphatic carbocycles. The zero-order valence-corrected chi connectivity index (χ0v) is 9.01. The Morgan fingerprint density at radius 3 is 2.20 bits per heavy atom. The fourth-order valence-corrected chi connectivity index (χ4v) is 1.28. The molecule has 0 radical (unpaired) electrons. The Balaban J connectivity index is 4.68. The maximum atomic E-state index is 11.1. The molecule has 0 bridgehead atoms. The van der Waals surface area contributed by atoms with Crippen LogP contribution in [0.5, 0.6) is 0 Å². The SMILES string of the molecule is CN(C)N(C(=O)O)C(CCCN)C(N)=O. The summed E-state index contributed by atoms with van der Waals surface area (Å²) in [5.41, 5.74) is 10.4. The second kappa shape index (κ2) is 6.20. The normalized spacial score (nSPS) is 12.5. The zero-order valence-electron chi connectivity index (χ0n) is 9.01. The lowest BCUT2D eigenvalue weighted by molar-refractivity contribution is -0.128. The molecular weight excluding hydrogens is 200 g/mol. The Labute approximate surface area is 88.6 Å². The summed E-state index contributed by atoms with van der Waals surface area (Å²) >= 11 is 0. The second-order valence-corrected chi connectivity index (χ2v) is 3.32. The van der Waals surface area contributed by atoms with Crippen molar-refractivity contribution in [1.82, 2.24) is 10.0 Å². The van der Waals surface area contributed by atoms with E-state index >= 15 is 0 Å². The van der Waals surface area contributed by atoms with E-state index in [1.165, 1.54) is 19.1 Å². The van der Waals surface area contributed by atoms with Gasteiger partial charge in [-0.3, -0.25) is 4.79 Å². The van der Waals surface area contributed by atoms with Gasteiger partial charge in [0.2, 0.25) is 5.91 Å². The highest BCUT2D eigenvalue weighted by atomic mass is 16.4. The summed E-state index contributed by atoms with van der Waals surface area (Å²) in [7, 11) is 3.07. The third kappa shape index (κ3) is 4.13. The lowest BCUT2D eigenvalue weighted by atomic mass is 10.1. The fraction of sp³-hybridized carbons (Fsp3) is 0.750. The van der Waals surface area contributed by atoms with Gasteiger partial charge in [0.25, 0.3) is 0 Å². The van der Waals surface area contributed by atoms with Crippen molar-refractivity contribution < 1.29 is 14.7 Å². The van der Waals surface area contributed by atoms with Crippen molar-refractivity contribution in [1.29, 1.82) is 0 Å². The van der Waals surface area contributed by atoms with E-state index in [9.17, 15) is 9.59 Å². The molecule has 0 rings (SSSR count). The van der Waals surface area contributed by atoms with Crippen molar-refractivity contribution in [2.45, 2.75) is 18.9 Å². The average Bonchev–Trinajstić information content (AvgIpc) is 2.09. The van der Waals surface area contributed by atoms with Gasteiger partial charge >= 0.3 is 6.09 Å². The fourth-order valence-electron chi connectivity index (χ4n) is 1.28. The van der Waals surface area contributed by atoms with Crippen LogP contribution in [0.4, 0.5) is 4.79 Å². The Morgan fingerprint density at radius 1 is 1.40 bits per heavy atom. The van der Waals surface area contributed by atoms with Gasteiger partial charge < -0.3 is 16.6 Å². The van der Waals surface area contributed by atoms with Crippen LogP contribution < -0.4 is 11.5 Å². The van der Waals surface area contributed by atoms with Gasteiger partial charge in [0.15, 0.2) is 0 Å². The minimum atomic E-state index is -1.21. The first-order valence-electron chi connectivity index (χ1n) is 4.60. The molecule has 7 heteroatoms. The molecular formula is C8H18N4O3. The standard InChI is InChI=1S/C8H18N4O3/c1-11(2)12(8(14)15)6(7(10)13)4-3-5-9/h6H,3-5,9H2,1-2H3,(H2,10,13)(H,14,15). The predicted molar refractivity (Wildman–Crippen MR) is 54.8 cm³/mol. The number of hydrazine groups is 1. The molecule has 88 valence electrons. The largest absolute Gasteiger partial charge is 0.464 e. The number of rotatable bonds is 6. The Kier molecular flexibility index (Phi) is 5.65. The van der Waals surface area contributed by atoms with Crippen LogP contribution in [0.2, 0.25) is 0 Å². The number of nitrogens with zero attached hydrogens (tertiary/aromatic N) is 2. The maximum Gasteiger partial charge on any atom is 0.422 e. The smallest absolute Gasteiger partial charge is 0.422 e. The molecule has 0 aromatic heterocycles. The number of hydrogen-bond acceptors (Lipinski definition) is 4. The van der Waals surface area contributed by atoms with Crippen LogP contribution in [-0.2, 0) is 4.79 Å². The van der Waals surface area contributed by atoms with Gasteiger partial charge in [0.1, 0.15) is 6.04 Å². The van der Waals surface area contributed by atoms with E-state index in [-0.39, 0.29) is 0 Å². The molecule has 0 aromatic rings. The van der Waals surface area contributed by atoms with Crippen LogP contribution in [0.3, 0.4) is 0 Å². The number of hydrogen-bond donors (Lipinski definition) is 3. The molecule has 15 heavy (non-hydrogen) atoms. The summed E-state index contributed by atoms with van der Waals surface area (Å²) in [6.07, 6.45) is -0.331.